The van der Waals surface area contributed by atoms with Crippen LogP contribution in [0.15, 0.2) is 82.8 Å². The van der Waals surface area contributed by atoms with Crippen molar-refractivity contribution in [1.29, 1.82) is 0 Å². The molecule has 0 atom stereocenters. The molecule has 4 heterocycles. The highest BCUT2D eigenvalue weighted by Crippen LogP contribution is 2.37. The fourth-order valence-corrected chi connectivity index (χ4v) is 6.16. The normalized spacial score (nSPS) is 14.0. The Labute approximate surface area is 277 Å². The second-order valence-electron chi connectivity index (χ2n) is 12.6. The molecule has 6 rings (SSSR count). The van der Waals surface area contributed by atoms with Crippen LogP contribution >= 0.6 is 0 Å². The second kappa shape index (κ2) is 13.3. The Bertz CT molecular complexity index is 2090. The molecule has 1 aliphatic rings. The molecule has 13 nitrogen and oxygen atoms in total. The summed E-state index contributed by atoms with van der Waals surface area (Å²) in [5.41, 5.74) is 9.31. The molecule has 1 aliphatic heterocycles. The molecule has 2 amide bonds. The number of nitrogen functional groups attached to an aromatic ring is 1. The number of nitrogens with two attached hydrogens (primary N) is 1. The van der Waals surface area contributed by atoms with Crippen molar-refractivity contribution in [3.8, 4) is 16.8 Å². The van der Waals surface area contributed by atoms with Gasteiger partial charge in [-0.25, -0.2) is 18.9 Å². The zero-order valence-electron chi connectivity index (χ0n) is 27.5. The van der Waals surface area contributed by atoms with Crippen LogP contribution in [-0.2, 0) is 4.79 Å². The molecule has 248 valence electrons. The first kappa shape index (κ1) is 32.4. The van der Waals surface area contributed by atoms with Gasteiger partial charge in [0.25, 0.3) is 11.5 Å². The monoisotopic (exact) mass is 649 g/mol. The van der Waals surface area contributed by atoms with E-state index in [0.717, 1.165) is 47.3 Å². The van der Waals surface area contributed by atoms with Crippen molar-refractivity contribution >= 4 is 28.8 Å². The Morgan fingerprint density at radius 2 is 1.71 bits per heavy atom. The van der Waals surface area contributed by atoms with E-state index in [9.17, 15) is 19.2 Å². The molecule has 1 fully saturated rings. The minimum atomic E-state index is -0.698. The number of benzene rings is 2. The number of carbonyl (C=O) groups is 2. The van der Waals surface area contributed by atoms with Crippen LogP contribution in [0.25, 0.3) is 22.3 Å². The van der Waals surface area contributed by atoms with Gasteiger partial charge in [-0.15, -0.1) is 0 Å². The Balaban J connectivity index is 1.26. The average Bonchev–Trinajstić information content (AvgIpc) is 3.47. The van der Waals surface area contributed by atoms with Crippen molar-refractivity contribution in [2.45, 2.75) is 38.6 Å². The summed E-state index contributed by atoms with van der Waals surface area (Å²) in [7, 11) is 3.54. The van der Waals surface area contributed by atoms with Gasteiger partial charge in [0.05, 0.1) is 12.2 Å². The van der Waals surface area contributed by atoms with Gasteiger partial charge in [0.15, 0.2) is 5.82 Å². The topological polar surface area (TPSA) is 153 Å². The minimum absolute atomic E-state index is 0.0906. The largest absolute Gasteiger partial charge is 0.382 e. The zero-order chi connectivity index (χ0) is 34.1. The third-order valence-corrected chi connectivity index (χ3v) is 8.86. The number of amides is 2. The van der Waals surface area contributed by atoms with Crippen LogP contribution in [0.1, 0.15) is 54.7 Å². The van der Waals surface area contributed by atoms with Gasteiger partial charge in [-0.2, -0.15) is 5.10 Å². The number of likely N-dealkylation sites (N-methyl/N-ethyl adjacent to an activating group) is 1. The number of anilines is 2. The van der Waals surface area contributed by atoms with Gasteiger partial charge in [-0.1, -0.05) is 30.3 Å². The summed E-state index contributed by atoms with van der Waals surface area (Å²) in [6.07, 6.45) is 4.52. The summed E-state index contributed by atoms with van der Waals surface area (Å²) < 4.78 is 4.26. The molecule has 0 aliphatic carbocycles. The fraction of sp³-hybridized carbons (Fsp3) is 0.314. The number of rotatable bonds is 8. The second-order valence-corrected chi connectivity index (χ2v) is 12.6. The van der Waals surface area contributed by atoms with Gasteiger partial charge in [0, 0.05) is 49.2 Å². The Kier molecular flexibility index (Phi) is 8.96. The molecule has 1 saturated heterocycles. The van der Waals surface area contributed by atoms with E-state index in [1.165, 1.54) is 17.1 Å². The smallest absolute Gasteiger partial charge is 0.335 e. The number of likely N-dealkylation sites (tertiary alicyclic amines) is 1. The highest BCUT2D eigenvalue weighted by Gasteiger charge is 2.27. The zero-order valence-corrected chi connectivity index (χ0v) is 27.5. The van der Waals surface area contributed by atoms with E-state index in [2.05, 4.69) is 26.4 Å². The number of carbonyl (C=O) groups excluding carboxylic acids is 2. The lowest BCUT2D eigenvalue weighted by atomic mass is 9.93. The van der Waals surface area contributed by atoms with E-state index in [-0.39, 0.29) is 23.4 Å². The maximum absolute atomic E-state index is 13.5. The summed E-state index contributed by atoms with van der Waals surface area (Å²) >= 11 is 0. The number of aromatic nitrogens is 5. The SMILES string of the molecule is CC(C)n1cc(C(=O)Nc2ccc(-c3cc(C4CCN(CC(=O)N(C)C)CC4)n4ncnc(N)c34)cc2)c(=O)n(-c2ccccc2)c1=O. The van der Waals surface area contributed by atoms with Crippen molar-refractivity contribution in [3.63, 3.8) is 0 Å². The predicted molar refractivity (Wildman–Crippen MR) is 185 cm³/mol. The molecule has 3 N–H and O–H groups in total. The highest BCUT2D eigenvalue weighted by atomic mass is 16.2. The van der Waals surface area contributed by atoms with E-state index < -0.39 is 17.2 Å². The van der Waals surface area contributed by atoms with Crippen LogP contribution in [0, 0.1) is 0 Å². The number of hydrogen-bond acceptors (Lipinski definition) is 8. The number of nitrogens with one attached hydrogen (secondary N) is 1. The van der Waals surface area contributed by atoms with Crippen molar-refractivity contribution in [3.05, 3.63) is 105 Å². The molecule has 2 aromatic carbocycles. The predicted octanol–water partition coefficient (Wildman–Crippen LogP) is 3.39. The molecule has 5 aromatic rings. The molecule has 48 heavy (non-hydrogen) atoms. The summed E-state index contributed by atoms with van der Waals surface area (Å²) in [6, 6.07) is 17.6. The van der Waals surface area contributed by atoms with Crippen LogP contribution in [0.4, 0.5) is 11.5 Å². The Hall–Kier alpha value is -5.56. The molecule has 0 spiro atoms. The van der Waals surface area contributed by atoms with Crippen LogP contribution in [0.5, 0.6) is 0 Å². The molecule has 0 saturated carbocycles. The van der Waals surface area contributed by atoms with Crippen molar-refractivity contribution in [2.24, 2.45) is 0 Å². The first-order chi connectivity index (χ1) is 23.0. The van der Waals surface area contributed by atoms with E-state index >= 15 is 0 Å². The van der Waals surface area contributed by atoms with Gasteiger partial charge in [-0.3, -0.25) is 23.9 Å². The number of nitrogens with zero attached hydrogens (tertiary/aromatic N) is 7. The van der Waals surface area contributed by atoms with Crippen molar-refractivity contribution < 1.29 is 9.59 Å². The number of piperidine rings is 1. The van der Waals surface area contributed by atoms with Gasteiger partial charge < -0.3 is 16.0 Å². The first-order valence-electron chi connectivity index (χ1n) is 15.9. The molecule has 13 heteroatoms. The van der Waals surface area contributed by atoms with E-state index in [1.54, 1.807) is 61.5 Å². The number of para-hydroxylation sites is 1. The first-order valence-corrected chi connectivity index (χ1v) is 15.9. The summed E-state index contributed by atoms with van der Waals surface area (Å²) in [5.74, 6) is 0.0408. The standard InChI is InChI=1S/C35H39N9O4/c1-22(2)42-19-28(34(47)43(35(42)48)26-8-6-5-7-9-26)33(46)39-25-12-10-23(11-13-25)27-18-29(44-31(27)32(36)37-21-38-44)24-14-16-41(17-15-24)20-30(45)40(3)4/h5-13,18-19,21-22,24H,14-17,20H2,1-4H3,(H,39,46)(H2,36,37,38). The number of hydrogen-bond donors (Lipinski definition) is 2. The molecule has 0 bridgehead atoms. The van der Waals surface area contributed by atoms with Crippen LogP contribution < -0.4 is 22.3 Å². The van der Waals surface area contributed by atoms with Crippen molar-refractivity contribution in [1.82, 2.24) is 33.5 Å². The highest BCUT2D eigenvalue weighted by molar-refractivity contribution is 6.04. The summed E-state index contributed by atoms with van der Waals surface area (Å²) in [6.45, 7) is 5.63. The van der Waals surface area contributed by atoms with E-state index in [1.807, 2.05) is 30.5 Å². The van der Waals surface area contributed by atoms with Gasteiger partial charge >= 0.3 is 5.69 Å². The summed E-state index contributed by atoms with van der Waals surface area (Å²) in [5, 5.41) is 7.36. The lowest BCUT2D eigenvalue weighted by Crippen LogP contribution is -2.42. The molecular formula is C35H39N9O4. The third-order valence-electron chi connectivity index (χ3n) is 8.86. The third kappa shape index (κ3) is 6.24. The van der Waals surface area contributed by atoms with E-state index in [0.29, 0.717) is 29.3 Å². The summed E-state index contributed by atoms with van der Waals surface area (Å²) in [4.78, 5) is 60.4. The van der Waals surface area contributed by atoms with Gasteiger partial charge in [0.1, 0.15) is 17.4 Å². The van der Waals surface area contributed by atoms with Crippen LogP contribution in [-0.4, -0.2) is 79.1 Å². The lowest BCUT2D eigenvalue weighted by molar-refractivity contribution is -0.130. The maximum Gasteiger partial charge on any atom is 0.335 e. The van der Waals surface area contributed by atoms with Crippen molar-refractivity contribution in [2.75, 3.05) is 44.8 Å². The molecular weight excluding hydrogens is 610 g/mol. The Morgan fingerprint density at radius 3 is 2.35 bits per heavy atom. The quantitative estimate of drug-likeness (QED) is 0.260. The molecule has 3 aromatic heterocycles. The molecule has 0 radical (unpaired) electrons. The van der Waals surface area contributed by atoms with Gasteiger partial charge in [0.2, 0.25) is 5.91 Å². The molecule has 0 unspecified atom stereocenters. The maximum atomic E-state index is 13.5. The van der Waals surface area contributed by atoms with Gasteiger partial charge in [-0.05, 0) is 75.7 Å². The van der Waals surface area contributed by atoms with Crippen LogP contribution in [0.3, 0.4) is 0 Å². The number of fused-ring (bicyclic) bond motifs is 1. The lowest BCUT2D eigenvalue weighted by Gasteiger charge is -2.31. The minimum Gasteiger partial charge on any atom is -0.382 e. The van der Waals surface area contributed by atoms with Crippen LogP contribution in [0.2, 0.25) is 0 Å². The van der Waals surface area contributed by atoms with E-state index in [4.69, 9.17) is 5.73 Å². The average molecular weight is 650 g/mol. The fourth-order valence-electron chi connectivity index (χ4n) is 6.16. The Morgan fingerprint density at radius 1 is 1.02 bits per heavy atom.